The molecule has 0 saturated heterocycles. The zero-order chi connectivity index (χ0) is 17.0. The van der Waals surface area contributed by atoms with Crippen LogP contribution < -0.4 is 9.47 Å². The molecule has 2 aromatic rings. The highest BCUT2D eigenvalue weighted by Gasteiger charge is 2.16. The largest absolute Gasteiger partial charge is 0.493 e. The van der Waals surface area contributed by atoms with Crippen molar-refractivity contribution in [3.8, 4) is 11.5 Å². The molecule has 2 rings (SSSR count). The SMILES string of the molecule is COc1ccc(Cc2nc(CC(C)(C)C)n[nH]2)cc1OC(F)F. The second kappa shape index (κ2) is 6.93. The van der Waals surface area contributed by atoms with Gasteiger partial charge in [-0.15, -0.1) is 0 Å². The van der Waals surface area contributed by atoms with Crippen LogP contribution in [-0.4, -0.2) is 28.9 Å². The molecule has 1 aromatic carbocycles. The van der Waals surface area contributed by atoms with Crippen LogP contribution >= 0.6 is 0 Å². The number of alkyl halides is 2. The van der Waals surface area contributed by atoms with Crippen molar-refractivity contribution in [1.82, 2.24) is 15.2 Å². The van der Waals surface area contributed by atoms with Crippen molar-refractivity contribution < 1.29 is 18.3 Å². The van der Waals surface area contributed by atoms with Gasteiger partial charge in [-0.3, -0.25) is 5.10 Å². The molecule has 0 saturated carbocycles. The fraction of sp³-hybridized carbons (Fsp3) is 0.500. The molecular weight excluding hydrogens is 304 g/mol. The summed E-state index contributed by atoms with van der Waals surface area (Å²) in [5.74, 6) is 1.69. The minimum atomic E-state index is -2.90. The van der Waals surface area contributed by atoms with E-state index in [1.54, 1.807) is 12.1 Å². The quantitative estimate of drug-likeness (QED) is 0.881. The number of nitrogens with one attached hydrogen (secondary N) is 1. The molecule has 0 atom stereocenters. The number of ether oxygens (including phenoxy) is 2. The summed E-state index contributed by atoms with van der Waals surface area (Å²) >= 11 is 0. The van der Waals surface area contributed by atoms with Gasteiger partial charge in [0.15, 0.2) is 17.3 Å². The second-order valence-electron chi connectivity index (χ2n) is 6.48. The number of aromatic amines is 1. The van der Waals surface area contributed by atoms with Crippen LogP contribution in [0.5, 0.6) is 11.5 Å². The third kappa shape index (κ3) is 5.19. The summed E-state index contributed by atoms with van der Waals surface area (Å²) < 4.78 is 34.4. The van der Waals surface area contributed by atoms with Gasteiger partial charge in [-0.2, -0.15) is 13.9 Å². The normalized spacial score (nSPS) is 11.8. The minimum Gasteiger partial charge on any atom is -0.493 e. The Labute approximate surface area is 134 Å². The van der Waals surface area contributed by atoms with Gasteiger partial charge in [-0.25, -0.2) is 4.98 Å². The summed E-state index contributed by atoms with van der Waals surface area (Å²) in [6.07, 6.45) is 1.20. The Hall–Kier alpha value is -2.18. The van der Waals surface area contributed by atoms with Crippen LogP contribution in [0, 0.1) is 5.41 Å². The Balaban J connectivity index is 2.14. The average Bonchev–Trinajstić information content (AvgIpc) is 2.83. The Kier molecular flexibility index (Phi) is 5.18. The average molecular weight is 325 g/mol. The lowest BCUT2D eigenvalue weighted by Crippen LogP contribution is -2.10. The second-order valence-corrected chi connectivity index (χ2v) is 6.48. The lowest BCUT2D eigenvalue weighted by atomic mass is 9.92. The standard InChI is InChI=1S/C16H21F2N3O2/c1-16(2,3)9-14-19-13(20-21-14)8-10-5-6-11(22-4)12(7-10)23-15(17)18/h5-7,15H,8-9H2,1-4H3,(H,19,20,21). The van der Waals surface area contributed by atoms with Crippen molar-refractivity contribution in [2.24, 2.45) is 5.41 Å². The topological polar surface area (TPSA) is 60.0 Å². The van der Waals surface area contributed by atoms with E-state index in [-0.39, 0.29) is 16.9 Å². The highest BCUT2D eigenvalue weighted by Crippen LogP contribution is 2.30. The number of benzene rings is 1. The Morgan fingerprint density at radius 2 is 1.96 bits per heavy atom. The maximum Gasteiger partial charge on any atom is 0.387 e. The lowest BCUT2D eigenvalue weighted by molar-refractivity contribution is -0.0512. The first-order valence-electron chi connectivity index (χ1n) is 7.29. The Morgan fingerprint density at radius 3 is 2.57 bits per heavy atom. The van der Waals surface area contributed by atoms with E-state index in [9.17, 15) is 8.78 Å². The summed E-state index contributed by atoms with van der Waals surface area (Å²) in [4.78, 5) is 4.44. The van der Waals surface area contributed by atoms with E-state index in [0.29, 0.717) is 12.2 Å². The van der Waals surface area contributed by atoms with Gasteiger partial charge in [-0.1, -0.05) is 26.8 Å². The van der Waals surface area contributed by atoms with Crippen molar-refractivity contribution in [3.05, 3.63) is 35.4 Å². The number of methoxy groups -OCH3 is 1. The lowest BCUT2D eigenvalue weighted by Gasteiger charge is -2.14. The van der Waals surface area contributed by atoms with E-state index in [2.05, 4.69) is 40.7 Å². The molecule has 5 nitrogen and oxygen atoms in total. The van der Waals surface area contributed by atoms with Crippen LogP contribution in [0.3, 0.4) is 0 Å². The van der Waals surface area contributed by atoms with Crippen LogP contribution in [0.25, 0.3) is 0 Å². The molecule has 0 amide bonds. The maximum absolute atomic E-state index is 12.5. The van der Waals surface area contributed by atoms with Crippen LogP contribution in [0.2, 0.25) is 0 Å². The van der Waals surface area contributed by atoms with Gasteiger partial charge in [0.2, 0.25) is 0 Å². The van der Waals surface area contributed by atoms with Crippen LogP contribution in [0.4, 0.5) is 8.78 Å². The van der Waals surface area contributed by atoms with E-state index in [0.717, 1.165) is 17.8 Å². The highest BCUT2D eigenvalue weighted by molar-refractivity contribution is 5.43. The van der Waals surface area contributed by atoms with E-state index in [1.807, 2.05) is 0 Å². The Bertz CT molecular complexity index is 651. The molecule has 0 bridgehead atoms. The summed E-state index contributed by atoms with van der Waals surface area (Å²) in [7, 11) is 1.41. The van der Waals surface area contributed by atoms with Gasteiger partial charge in [0.05, 0.1) is 7.11 Å². The van der Waals surface area contributed by atoms with Crippen LogP contribution in [0.1, 0.15) is 38.0 Å². The van der Waals surface area contributed by atoms with Crippen molar-refractivity contribution in [3.63, 3.8) is 0 Å². The molecule has 1 N–H and O–H groups in total. The first-order valence-corrected chi connectivity index (χ1v) is 7.29. The smallest absolute Gasteiger partial charge is 0.387 e. The number of nitrogens with zero attached hydrogens (tertiary/aromatic N) is 2. The molecule has 0 spiro atoms. The van der Waals surface area contributed by atoms with Gasteiger partial charge in [0.1, 0.15) is 5.82 Å². The third-order valence-corrected chi connectivity index (χ3v) is 3.08. The van der Waals surface area contributed by atoms with Gasteiger partial charge in [-0.05, 0) is 23.1 Å². The fourth-order valence-electron chi connectivity index (χ4n) is 2.18. The fourth-order valence-corrected chi connectivity index (χ4v) is 2.18. The van der Waals surface area contributed by atoms with Crippen molar-refractivity contribution in [2.75, 3.05) is 7.11 Å². The summed E-state index contributed by atoms with van der Waals surface area (Å²) in [5, 5.41) is 7.07. The van der Waals surface area contributed by atoms with Crippen molar-refractivity contribution >= 4 is 0 Å². The molecule has 0 radical (unpaired) electrons. The predicted molar refractivity (Wildman–Crippen MR) is 82.0 cm³/mol. The molecule has 0 aliphatic carbocycles. The summed E-state index contributed by atoms with van der Waals surface area (Å²) in [6.45, 7) is 3.43. The molecule has 1 aromatic heterocycles. The molecule has 0 unspecified atom stereocenters. The Morgan fingerprint density at radius 1 is 1.22 bits per heavy atom. The zero-order valence-corrected chi connectivity index (χ0v) is 13.7. The molecule has 0 aliphatic heterocycles. The number of H-pyrrole nitrogens is 1. The molecule has 1 heterocycles. The number of hydrogen-bond donors (Lipinski definition) is 1. The van der Waals surface area contributed by atoms with E-state index in [4.69, 9.17) is 4.74 Å². The minimum absolute atomic E-state index is 0.00873. The zero-order valence-electron chi connectivity index (χ0n) is 13.7. The maximum atomic E-state index is 12.5. The first-order chi connectivity index (χ1) is 10.8. The highest BCUT2D eigenvalue weighted by atomic mass is 19.3. The molecular formula is C16H21F2N3O2. The third-order valence-electron chi connectivity index (χ3n) is 3.08. The van der Waals surface area contributed by atoms with E-state index >= 15 is 0 Å². The number of hydrogen-bond acceptors (Lipinski definition) is 4. The number of halogens is 2. The molecule has 0 fully saturated rings. The van der Waals surface area contributed by atoms with E-state index in [1.165, 1.54) is 13.2 Å². The summed E-state index contributed by atoms with van der Waals surface area (Å²) in [5.41, 5.74) is 0.873. The summed E-state index contributed by atoms with van der Waals surface area (Å²) in [6, 6.07) is 4.90. The molecule has 7 heteroatoms. The van der Waals surface area contributed by atoms with Crippen LogP contribution in [0.15, 0.2) is 18.2 Å². The van der Waals surface area contributed by atoms with Gasteiger partial charge >= 0.3 is 6.61 Å². The molecule has 0 aliphatic rings. The monoisotopic (exact) mass is 325 g/mol. The van der Waals surface area contributed by atoms with Crippen molar-refractivity contribution in [1.29, 1.82) is 0 Å². The van der Waals surface area contributed by atoms with Gasteiger partial charge < -0.3 is 9.47 Å². The first kappa shape index (κ1) is 17.2. The van der Waals surface area contributed by atoms with E-state index < -0.39 is 6.61 Å². The van der Waals surface area contributed by atoms with Crippen LogP contribution in [-0.2, 0) is 12.8 Å². The molecule has 23 heavy (non-hydrogen) atoms. The van der Waals surface area contributed by atoms with Gasteiger partial charge in [0, 0.05) is 12.8 Å². The number of aromatic nitrogens is 3. The van der Waals surface area contributed by atoms with Gasteiger partial charge in [0.25, 0.3) is 0 Å². The molecule has 126 valence electrons. The number of rotatable bonds is 6. The predicted octanol–water partition coefficient (Wildman–Crippen LogP) is 3.59. The van der Waals surface area contributed by atoms with Crippen molar-refractivity contribution in [2.45, 2.75) is 40.2 Å².